The lowest BCUT2D eigenvalue weighted by Gasteiger charge is -2.04. The number of imidazole rings is 1. The van der Waals surface area contributed by atoms with E-state index in [-0.39, 0.29) is 5.82 Å². The molecule has 3 nitrogen and oxygen atoms in total. The lowest BCUT2D eigenvalue weighted by molar-refractivity contribution is 0.624. The van der Waals surface area contributed by atoms with Crippen molar-refractivity contribution in [3.05, 3.63) is 24.0 Å². The van der Waals surface area contributed by atoms with Crippen molar-refractivity contribution in [1.29, 1.82) is 0 Å². The average molecular weight is 207 g/mol. The Labute approximate surface area is 87.7 Å². The van der Waals surface area contributed by atoms with Crippen LogP contribution in [0.1, 0.15) is 19.8 Å². The van der Waals surface area contributed by atoms with Gasteiger partial charge in [0.2, 0.25) is 5.95 Å². The molecule has 0 saturated carbocycles. The predicted molar refractivity (Wildman–Crippen MR) is 59.0 cm³/mol. The first-order chi connectivity index (χ1) is 7.22. The molecule has 0 aliphatic heterocycles. The third-order valence-electron chi connectivity index (χ3n) is 2.48. The minimum Gasteiger partial charge on any atom is -0.369 e. The van der Waals surface area contributed by atoms with Crippen LogP contribution in [0.25, 0.3) is 11.0 Å². The van der Waals surface area contributed by atoms with E-state index < -0.39 is 0 Å². The first-order valence-electron chi connectivity index (χ1n) is 5.13. The molecule has 2 aromatic rings. The minimum atomic E-state index is -0.250. The highest BCUT2D eigenvalue weighted by Crippen LogP contribution is 2.19. The van der Waals surface area contributed by atoms with E-state index in [9.17, 15) is 4.39 Å². The van der Waals surface area contributed by atoms with Crippen LogP contribution in [-0.2, 0) is 6.54 Å². The second-order valence-electron chi connectivity index (χ2n) is 3.61. The summed E-state index contributed by atoms with van der Waals surface area (Å²) in [5, 5.41) is 0. The summed E-state index contributed by atoms with van der Waals surface area (Å²) < 4.78 is 14.9. The zero-order chi connectivity index (χ0) is 10.8. The molecule has 0 fully saturated rings. The number of anilines is 1. The van der Waals surface area contributed by atoms with Gasteiger partial charge in [0, 0.05) is 6.54 Å². The van der Waals surface area contributed by atoms with E-state index in [0.29, 0.717) is 5.95 Å². The van der Waals surface area contributed by atoms with Gasteiger partial charge in [-0.2, -0.15) is 0 Å². The molecule has 0 aliphatic rings. The third-order valence-corrected chi connectivity index (χ3v) is 2.48. The van der Waals surface area contributed by atoms with Gasteiger partial charge in [-0.1, -0.05) is 13.3 Å². The van der Waals surface area contributed by atoms with Crippen LogP contribution < -0.4 is 5.73 Å². The Bertz CT molecular complexity index is 476. The summed E-state index contributed by atoms with van der Waals surface area (Å²) >= 11 is 0. The van der Waals surface area contributed by atoms with Gasteiger partial charge < -0.3 is 10.3 Å². The first-order valence-corrected chi connectivity index (χ1v) is 5.13. The fourth-order valence-corrected chi connectivity index (χ4v) is 1.67. The summed E-state index contributed by atoms with van der Waals surface area (Å²) in [6, 6.07) is 4.54. The summed E-state index contributed by atoms with van der Waals surface area (Å²) in [6.45, 7) is 2.90. The Balaban J connectivity index is 2.50. The summed E-state index contributed by atoms with van der Waals surface area (Å²) in [4.78, 5) is 4.18. The van der Waals surface area contributed by atoms with E-state index in [4.69, 9.17) is 5.73 Å². The topological polar surface area (TPSA) is 43.8 Å². The third kappa shape index (κ3) is 1.79. The van der Waals surface area contributed by atoms with Gasteiger partial charge in [-0.15, -0.1) is 0 Å². The van der Waals surface area contributed by atoms with Gasteiger partial charge in [0.25, 0.3) is 0 Å². The van der Waals surface area contributed by atoms with Crippen molar-refractivity contribution >= 4 is 17.0 Å². The van der Waals surface area contributed by atoms with Crippen LogP contribution in [0, 0.1) is 5.82 Å². The van der Waals surface area contributed by atoms with E-state index in [1.807, 2.05) is 4.57 Å². The van der Waals surface area contributed by atoms with Crippen molar-refractivity contribution in [3.63, 3.8) is 0 Å². The SMILES string of the molecule is CCCCn1c(N)nc2ccc(F)cc21. The quantitative estimate of drug-likeness (QED) is 0.840. The normalized spacial score (nSPS) is 11.1. The van der Waals surface area contributed by atoms with Gasteiger partial charge in [-0.3, -0.25) is 0 Å². The zero-order valence-corrected chi connectivity index (χ0v) is 8.70. The number of nitrogens with two attached hydrogens (primary N) is 1. The van der Waals surface area contributed by atoms with E-state index in [0.717, 1.165) is 30.4 Å². The molecule has 0 aliphatic carbocycles. The van der Waals surface area contributed by atoms with Crippen molar-refractivity contribution in [1.82, 2.24) is 9.55 Å². The summed E-state index contributed by atoms with van der Waals surface area (Å²) in [7, 11) is 0. The van der Waals surface area contributed by atoms with E-state index >= 15 is 0 Å². The number of nitrogens with zero attached hydrogens (tertiary/aromatic N) is 2. The molecule has 2 rings (SSSR count). The molecule has 0 unspecified atom stereocenters. The number of hydrogen-bond donors (Lipinski definition) is 1. The average Bonchev–Trinajstić information content (AvgIpc) is 2.51. The Morgan fingerprint density at radius 3 is 3.00 bits per heavy atom. The van der Waals surface area contributed by atoms with Gasteiger partial charge >= 0.3 is 0 Å². The largest absolute Gasteiger partial charge is 0.369 e. The van der Waals surface area contributed by atoms with Crippen LogP contribution in [0.2, 0.25) is 0 Å². The molecule has 1 aromatic heterocycles. The molecule has 2 N–H and O–H groups in total. The molecule has 0 spiro atoms. The van der Waals surface area contributed by atoms with Crippen LogP contribution in [0.3, 0.4) is 0 Å². The number of halogens is 1. The standard InChI is InChI=1S/C11H14FN3/c1-2-3-6-15-10-7-8(12)4-5-9(10)14-11(15)13/h4-5,7H,2-3,6H2,1H3,(H2,13,14). The second kappa shape index (κ2) is 3.88. The first kappa shape index (κ1) is 9.96. The van der Waals surface area contributed by atoms with Crippen LogP contribution in [0.15, 0.2) is 18.2 Å². The smallest absolute Gasteiger partial charge is 0.201 e. The maximum atomic E-state index is 13.1. The fraction of sp³-hybridized carbons (Fsp3) is 0.364. The zero-order valence-electron chi connectivity index (χ0n) is 8.70. The molecule has 4 heteroatoms. The van der Waals surface area contributed by atoms with Crippen LogP contribution in [0.5, 0.6) is 0 Å². The molecular formula is C11H14FN3. The molecular weight excluding hydrogens is 193 g/mol. The highest BCUT2D eigenvalue weighted by Gasteiger charge is 2.07. The lowest BCUT2D eigenvalue weighted by atomic mass is 10.3. The number of unbranched alkanes of at least 4 members (excludes halogenated alkanes) is 1. The van der Waals surface area contributed by atoms with Crippen molar-refractivity contribution in [2.24, 2.45) is 0 Å². The van der Waals surface area contributed by atoms with Gasteiger partial charge in [-0.05, 0) is 24.6 Å². The molecule has 0 amide bonds. The van der Waals surface area contributed by atoms with Gasteiger partial charge in [0.1, 0.15) is 5.82 Å². The van der Waals surface area contributed by atoms with Gasteiger partial charge in [0.05, 0.1) is 11.0 Å². The Morgan fingerprint density at radius 1 is 1.47 bits per heavy atom. The van der Waals surface area contributed by atoms with Gasteiger partial charge in [0.15, 0.2) is 0 Å². The summed E-state index contributed by atoms with van der Waals surface area (Å²) in [5.41, 5.74) is 7.31. The molecule has 0 bridgehead atoms. The molecule has 1 heterocycles. The number of hydrogen-bond acceptors (Lipinski definition) is 2. The second-order valence-corrected chi connectivity index (χ2v) is 3.61. The van der Waals surface area contributed by atoms with E-state index in [2.05, 4.69) is 11.9 Å². The van der Waals surface area contributed by atoms with Crippen molar-refractivity contribution in [2.75, 3.05) is 5.73 Å². The summed E-state index contributed by atoms with van der Waals surface area (Å²) in [5.74, 6) is 0.212. The highest BCUT2D eigenvalue weighted by atomic mass is 19.1. The number of nitrogen functional groups attached to an aromatic ring is 1. The van der Waals surface area contributed by atoms with Crippen LogP contribution in [0.4, 0.5) is 10.3 Å². The Hall–Kier alpha value is -1.58. The number of rotatable bonds is 3. The number of aromatic nitrogens is 2. The Kier molecular flexibility index (Phi) is 2.58. The molecule has 0 saturated heterocycles. The summed E-state index contributed by atoms with van der Waals surface area (Å²) in [6.07, 6.45) is 2.10. The highest BCUT2D eigenvalue weighted by molar-refractivity contribution is 5.78. The molecule has 0 atom stereocenters. The number of fused-ring (bicyclic) bond motifs is 1. The van der Waals surface area contributed by atoms with Gasteiger partial charge in [-0.25, -0.2) is 9.37 Å². The van der Waals surface area contributed by atoms with Crippen molar-refractivity contribution < 1.29 is 4.39 Å². The molecule has 15 heavy (non-hydrogen) atoms. The van der Waals surface area contributed by atoms with E-state index in [1.165, 1.54) is 12.1 Å². The Morgan fingerprint density at radius 2 is 2.27 bits per heavy atom. The predicted octanol–water partition coefficient (Wildman–Crippen LogP) is 2.56. The van der Waals surface area contributed by atoms with Crippen molar-refractivity contribution in [2.45, 2.75) is 26.3 Å². The fourth-order valence-electron chi connectivity index (χ4n) is 1.67. The maximum Gasteiger partial charge on any atom is 0.201 e. The molecule has 1 aromatic carbocycles. The molecule has 80 valence electrons. The lowest BCUT2D eigenvalue weighted by Crippen LogP contribution is -2.03. The van der Waals surface area contributed by atoms with Crippen molar-refractivity contribution in [3.8, 4) is 0 Å². The monoisotopic (exact) mass is 207 g/mol. The number of benzene rings is 1. The minimum absolute atomic E-state index is 0.250. The number of aryl methyl sites for hydroxylation is 1. The maximum absolute atomic E-state index is 13.1. The van der Waals surface area contributed by atoms with E-state index in [1.54, 1.807) is 6.07 Å². The van der Waals surface area contributed by atoms with Crippen LogP contribution >= 0.6 is 0 Å². The molecule has 0 radical (unpaired) electrons. The van der Waals surface area contributed by atoms with Crippen LogP contribution in [-0.4, -0.2) is 9.55 Å².